The van der Waals surface area contributed by atoms with Gasteiger partial charge in [-0.3, -0.25) is 4.98 Å². The van der Waals surface area contributed by atoms with Crippen molar-refractivity contribution >= 4 is 13.4 Å². The molecule has 15 heavy (non-hydrogen) atoms. The lowest BCUT2D eigenvalue weighted by Gasteiger charge is -2.40. The summed E-state index contributed by atoms with van der Waals surface area (Å²) in [5, 5.41) is 1.67. The van der Waals surface area contributed by atoms with Gasteiger partial charge in [0.2, 0.25) is 0 Å². The maximum Gasteiger partial charge on any atom is 0.158 e. The van der Waals surface area contributed by atoms with Crippen molar-refractivity contribution in [2.45, 2.75) is 37.8 Å². The molecule has 1 spiro atoms. The number of hydrogen-bond donors (Lipinski definition) is 1. The van der Waals surface area contributed by atoms with Crippen LogP contribution in [0.1, 0.15) is 24.8 Å². The minimum Gasteiger partial charge on any atom is -0.333 e. The summed E-state index contributed by atoms with van der Waals surface area (Å²) in [5.74, 6) is 0. The lowest BCUT2D eigenvalue weighted by Crippen LogP contribution is -2.65. The van der Waals surface area contributed by atoms with E-state index in [1.165, 1.54) is 49.9 Å². The Morgan fingerprint density at radius 2 is 2.07 bits per heavy atom. The van der Waals surface area contributed by atoms with E-state index in [1.807, 2.05) is 6.20 Å². The molecule has 0 aromatic carbocycles. The summed E-state index contributed by atoms with van der Waals surface area (Å²) >= 11 is 0. The maximum atomic E-state index is 4.27. The van der Waals surface area contributed by atoms with Crippen LogP contribution in [0, 0.1) is 0 Å². The maximum absolute atomic E-state index is 4.27. The molecule has 3 heterocycles. The zero-order chi connectivity index (χ0) is 10.1. The fraction of sp³-hybridized carbons (Fsp3) is 0.583. The number of nitrogens with one attached hydrogen (secondary N) is 1. The zero-order valence-electron chi connectivity index (χ0n) is 9.13. The minimum atomic E-state index is -1.28. The minimum absolute atomic E-state index is 1.18. The van der Waals surface area contributed by atoms with Gasteiger partial charge in [-0.25, -0.2) is 0 Å². The van der Waals surface area contributed by atoms with Crippen molar-refractivity contribution in [3.8, 4) is 0 Å². The number of rotatable bonds is 0. The van der Waals surface area contributed by atoms with Crippen LogP contribution < -0.4 is 10.2 Å². The number of nitrogens with zero attached hydrogens (tertiary/aromatic N) is 1. The zero-order valence-corrected chi connectivity index (χ0v) is 10.1. The van der Waals surface area contributed by atoms with Gasteiger partial charge in [-0.2, -0.15) is 0 Å². The Labute approximate surface area is 92.2 Å². The van der Waals surface area contributed by atoms with Gasteiger partial charge in [0.15, 0.2) is 8.24 Å². The van der Waals surface area contributed by atoms with E-state index in [9.17, 15) is 0 Å². The molecule has 0 amide bonds. The summed E-state index contributed by atoms with van der Waals surface area (Å²) in [6.45, 7) is 1.19. The smallest absolute Gasteiger partial charge is 0.158 e. The van der Waals surface area contributed by atoms with Crippen molar-refractivity contribution < 1.29 is 0 Å². The summed E-state index contributed by atoms with van der Waals surface area (Å²) in [4.78, 5) is 8.17. The molecule has 0 bridgehead atoms. The van der Waals surface area contributed by atoms with Gasteiger partial charge in [-0.15, -0.1) is 0 Å². The van der Waals surface area contributed by atoms with Gasteiger partial charge in [0.25, 0.3) is 0 Å². The highest BCUT2D eigenvalue weighted by Gasteiger charge is 2.39. The van der Waals surface area contributed by atoms with Gasteiger partial charge in [-0.1, -0.05) is 19.3 Å². The monoisotopic (exact) mass is 218 g/mol. The van der Waals surface area contributed by atoms with Crippen LogP contribution in [0.2, 0.25) is 12.1 Å². The first-order valence-corrected chi connectivity index (χ1v) is 8.51. The average molecular weight is 218 g/mol. The first kappa shape index (κ1) is 9.55. The van der Waals surface area contributed by atoms with Crippen molar-refractivity contribution in [1.29, 1.82) is 0 Å². The third-order valence-corrected chi connectivity index (χ3v) is 8.84. The second kappa shape index (κ2) is 3.72. The van der Waals surface area contributed by atoms with E-state index in [0.717, 1.165) is 0 Å². The van der Waals surface area contributed by atoms with Gasteiger partial charge in [-0.05, 0) is 41.9 Å². The molecule has 1 aromatic rings. The predicted octanol–water partition coefficient (Wildman–Crippen LogP) is 1.56. The first-order chi connectivity index (χ1) is 7.41. The van der Waals surface area contributed by atoms with Crippen molar-refractivity contribution in [2.75, 3.05) is 6.54 Å². The van der Waals surface area contributed by atoms with E-state index < -0.39 is 8.24 Å². The molecule has 1 fully saturated rings. The standard InChI is InChI=1S/C12H18N2Si/c1-2-8-15(9-3-1)12-5-6-13-10-11(12)4-7-14-15/h5-6,10,14H,1-4,7-9H2. The molecule has 2 nitrogen and oxygen atoms in total. The van der Waals surface area contributed by atoms with Crippen molar-refractivity contribution in [3.63, 3.8) is 0 Å². The van der Waals surface area contributed by atoms with Gasteiger partial charge in [0.05, 0.1) is 0 Å². The molecule has 1 aromatic heterocycles. The van der Waals surface area contributed by atoms with E-state index in [0.29, 0.717) is 0 Å². The SMILES string of the molecule is c1cc2c(cn1)CCN[Si]21CCCCC1. The molecule has 3 rings (SSSR count). The molecule has 2 aliphatic heterocycles. The highest BCUT2D eigenvalue weighted by molar-refractivity contribution is 6.90. The number of aromatic nitrogens is 1. The Morgan fingerprint density at radius 3 is 2.93 bits per heavy atom. The van der Waals surface area contributed by atoms with Crippen LogP contribution in [-0.2, 0) is 6.42 Å². The van der Waals surface area contributed by atoms with Gasteiger partial charge >= 0.3 is 0 Å². The first-order valence-electron chi connectivity index (χ1n) is 6.09. The fourth-order valence-electron chi connectivity index (χ4n) is 3.23. The molecule has 0 aliphatic carbocycles. The van der Waals surface area contributed by atoms with E-state index in [1.54, 1.807) is 5.19 Å². The Hall–Kier alpha value is -0.673. The van der Waals surface area contributed by atoms with Crippen LogP contribution in [0.5, 0.6) is 0 Å². The fourth-order valence-corrected chi connectivity index (χ4v) is 8.07. The average Bonchev–Trinajstić information content (AvgIpc) is 2.31. The highest BCUT2D eigenvalue weighted by Crippen LogP contribution is 2.28. The second-order valence-electron chi connectivity index (χ2n) is 4.85. The summed E-state index contributed by atoms with van der Waals surface area (Å²) in [6, 6.07) is 5.19. The third kappa shape index (κ3) is 1.54. The van der Waals surface area contributed by atoms with Crippen LogP contribution in [0.25, 0.3) is 0 Å². The Kier molecular flexibility index (Phi) is 2.37. The summed E-state index contributed by atoms with van der Waals surface area (Å²) in [6.07, 6.45) is 9.56. The van der Waals surface area contributed by atoms with Crippen molar-refractivity contribution in [2.24, 2.45) is 0 Å². The van der Waals surface area contributed by atoms with Gasteiger partial charge in [0.1, 0.15) is 0 Å². The Bertz CT molecular complexity index is 358. The molecule has 1 saturated heterocycles. The molecule has 0 saturated carbocycles. The number of fused-ring (bicyclic) bond motifs is 2. The normalized spacial score (nSPS) is 23.7. The van der Waals surface area contributed by atoms with Gasteiger partial charge in [0, 0.05) is 12.4 Å². The van der Waals surface area contributed by atoms with Gasteiger partial charge < -0.3 is 4.98 Å². The topological polar surface area (TPSA) is 24.9 Å². The van der Waals surface area contributed by atoms with Crippen molar-refractivity contribution in [1.82, 2.24) is 9.97 Å². The Morgan fingerprint density at radius 1 is 1.20 bits per heavy atom. The van der Waals surface area contributed by atoms with E-state index in [4.69, 9.17) is 0 Å². The molecular weight excluding hydrogens is 200 g/mol. The quantitative estimate of drug-likeness (QED) is 0.669. The summed E-state index contributed by atoms with van der Waals surface area (Å²) in [7, 11) is -1.28. The lowest BCUT2D eigenvalue weighted by molar-refractivity contribution is 0.683. The van der Waals surface area contributed by atoms with E-state index in [2.05, 4.69) is 22.2 Å². The van der Waals surface area contributed by atoms with Crippen LogP contribution in [0.3, 0.4) is 0 Å². The largest absolute Gasteiger partial charge is 0.333 e. The Balaban J connectivity index is 2.04. The highest BCUT2D eigenvalue weighted by atomic mass is 28.3. The van der Waals surface area contributed by atoms with Crippen LogP contribution in [0.15, 0.2) is 18.5 Å². The molecule has 80 valence electrons. The second-order valence-corrected chi connectivity index (χ2v) is 8.91. The summed E-state index contributed by atoms with van der Waals surface area (Å²) in [5.41, 5.74) is 1.53. The molecule has 1 N–H and O–H groups in total. The molecule has 0 atom stereocenters. The summed E-state index contributed by atoms with van der Waals surface area (Å²) < 4.78 is 0. The van der Waals surface area contributed by atoms with Crippen LogP contribution in [0.4, 0.5) is 0 Å². The van der Waals surface area contributed by atoms with E-state index >= 15 is 0 Å². The van der Waals surface area contributed by atoms with Crippen molar-refractivity contribution in [3.05, 3.63) is 24.0 Å². The number of hydrogen-bond acceptors (Lipinski definition) is 2. The predicted molar refractivity (Wildman–Crippen MR) is 64.8 cm³/mol. The lowest BCUT2D eigenvalue weighted by atomic mass is 10.2. The van der Waals surface area contributed by atoms with E-state index in [-0.39, 0.29) is 0 Å². The van der Waals surface area contributed by atoms with Crippen LogP contribution >= 0.6 is 0 Å². The molecule has 0 radical (unpaired) electrons. The molecule has 3 heteroatoms. The molecule has 0 unspecified atom stereocenters. The number of pyridine rings is 1. The molecule has 2 aliphatic rings. The molecular formula is C12H18N2Si. The third-order valence-electron chi connectivity index (χ3n) is 3.98. The van der Waals surface area contributed by atoms with Crippen LogP contribution in [-0.4, -0.2) is 19.8 Å².